The van der Waals surface area contributed by atoms with E-state index in [1.54, 1.807) is 0 Å². The maximum absolute atomic E-state index is 5.02. The van der Waals surface area contributed by atoms with Crippen molar-refractivity contribution < 1.29 is 4.52 Å². The van der Waals surface area contributed by atoms with Crippen LogP contribution in [-0.4, -0.2) is 6.10 Å². The Labute approximate surface area is 89.9 Å². The van der Waals surface area contributed by atoms with Gasteiger partial charge in [0.2, 0.25) is 0 Å². The highest BCUT2D eigenvalue weighted by atomic mass is 31.0. The van der Waals surface area contributed by atoms with Gasteiger partial charge >= 0.3 is 0 Å². The van der Waals surface area contributed by atoms with Gasteiger partial charge in [0.25, 0.3) is 0 Å². The van der Waals surface area contributed by atoms with Crippen molar-refractivity contribution in [2.45, 2.75) is 39.2 Å². The summed E-state index contributed by atoms with van der Waals surface area (Å²) in [5, 5.41) is 0. The molecule has 1 rings (SSSR count). The van der Waals surface area contributed by atoms with Gasteiger partial charge in [-0.2, -0.15) is 0 Å². The predicted molar refractivity (Wildman–Crippen MR) is 65.0 cm³/mol. The Hall–Kier alpha value is -0.130. The second-order valence-corrected chi connectivity index (χ2v) is 4.33. The fraction of sp³-hybridized carbons (Fsp3) is 0.667. The molecule has 0 amide bonds. The van der Waals surface area contributed by atoms with E-state index < -0.39 is 0 Å². The van der Waals surface area contributed by atoms with E-state index in [9.17, 15) is 0 Å². The van der Waals surface area contributed by atoms with Crippen LogP contribution < -0.4 is 0 Å². The second kappa shape index (κ2) is 6.37. The van der Waals surface area contributed by atoms with Gasteiger partial charge in [0.1, 0.15) is 0 Å². The van der Waals surface area contributed by atoms with E-state index in [0.717, 1.165) is 11.8 Å². The summed E-state index contributed by atoms with van der Waals surface area (Å²) >= 11 is 0. The van der Waals surface area contributed by atoms with Crippen LogP contribution >= 0.6 is 9.47 Å². The third-order valence-electron chi connectivity index (χ3n) is 2.88. The Morgan fingerprint density at radius 2 is 2.21 bits per heavy atom. The molecule has 0 aliphatic heterocycles. The number of allylic oxidation sites excluding steroid dienone is 3. The lowest BCUT2D eigenvalue weighted by Crippen LogP contribution is -1.93. The molecule has 80 valence electrons. The Bertz CT molecular complexity index is 210. The summed E-state index contributed by atoms with van der Waals surface area (Å²) in [7, 11) is 2.28. The molecular weight excluding hydrogens is 191 g/mol. The monoisotopic (exact) mass is 212 g/mol. The molecule has 2 heteroatoms. The molecule has 1 aliphatic carbocycles. The third kappa shape index (κ3) is 4.39. The molecule has 1 nitrogen and oxygen atoms in total. The molecular formula is C12H21OP. The molecule has 0 radical (unpaired) electrons. The molecule has 1 saturated carbocycles. The van der Waals surface area contributed by atoms with E-state index in [1.807, 2.05) is 13.0 Å². The molecule has 1 fully saturated rings. The lowest BCUT2D eigenvalue weighted by atomic mass is 10.2. The van der Waals surface area contributed by atoms with Gasteiger partial charge in [-0.1, -0.05) is 37.6 Å². The highest BCUT2D eigenvalue weighted by Crippen LogP contribution is 2.43. The van der Waals surface area contributed by atoms with Crippen LogP contribution in [0.3, 0.4) is 0 Å². The molecule has 0 aromatic heterocycles. The first kappa shape index (κ1) is 11.9. The Morgan fingerprint density at radius 3 is 2.79 bits per heavy atom. The molecule has 0 aromatic rings. The Kier molecular flexibility index (Phi) is 5.44. The lowest BCUT2D eigenvalue weighted by Gasteiger charge is -1.98. The van der Waals surface area contributed by atoms with Crippen molar-refractivity contribution in [2.24, 2.45) is 11.8 Å². The van der Waals surface area contributed by atoms with Crippen molar-refractivity contribution in [1.29, 1.82) is 0 Å². The number of hydrogen-bond donors (Lipinski definition) is 0. The van der Waals surface area contributed by atoms with Crippen LogP contribution in [0.4, 0.5) is 0 Å². The van der Waals surface area contributed by atoms with Gasteiger partial charge in [-0.05, 0) is 31.6 Å². The SMILES string of the molecule is CC[C@@H]1C[C@@H]1C/C=C\C=C\C(C)OP. The first-order valence-corrected chi connectivity index (χ1v) is 5.94. The van der Waals surface area contributed by atoms with Crippen molar-refractivity contribution >= 4 is 9.47 Å². The quantitative estimate of drug-likeness (QED) is 0.481. The molecule has 14 heavy (non-hydrogen) atoms. The van der Waals surface area contributed by atoms with Gasteiger partial charge < -0.3 is 4.52 Å². The zero-order valence-electron chi connectivity index (χ0n) is 9.15. The largest absolute Gasteiger partial charge is 0.359 e. The lowest BCUT2D eigenvalue weighted by molar-refractivity contribution is 0.319. The fourth-order valence-electron chi connectivity index (χ4n) is 1.70. The van der Waals surface area contributed by atoms with Crippen LogP contribution in [0.15, 0.2) is 24.3 Å². The van der Waals surface area contributed by atoms with E-state index in [4.69, 9.17) is 4.52 Å². The second-order valence-electron chi connectivity index (χ2n) is 4.05. The molecule has 2 unspecified atom stereocenters. The van der Waals surface area contributed by atoms with Gasteiger partial charge in [0, 0.05) is 9.47 Å². The summed E-state index contributed by atoms with van der Waals surface area (Å²) in [5.41, 5.74) is 0. The average molecular weight is 212 g/mol. The summed E-state index contributed by atoms with van der Waals surface area (Å²) < 4.78 is 5.02. The summed E-state index contributed by atoms with van der Waals surface area (Å²) in [6.07, 6.45) is 12.7. The average Bonchev–Trinajstić information content (AvgIpc) is 2.95. The van der Waals surface area contributed by atoms with E-state index in [0.29, 0.717) is 0 Å². The van der Waals surface area contributed by atoms with Crippen LogP contribution in [0.2, 0.25) is 0 Å². The maximum atomic E-state index is 5.02. The summed E-state index contributed by atoms with van der Waals surface area (Å²) in [6, 6.07) is 0. The number of rotatable bonds is 6. The topological polar surface area (TPSA) is 9.23 Å². The molecule has 0 bridgehead atoms. The van der Waals surface area contributed by atoms with Crippen molar-refractivity contribution in [2.75, 3.05) is 0 Å². The summed E-state index contributed by atoms with van der Waals surface area (Å²) in [6.45, 7) is 4.30. The molecule has 0 aromatic carbocycles. The summed E-state index contributed by atoms with van der Waals surface area (Å²) in [4.78, 5) is 0. The van der Waals surface area contributed by atoms with Gasteiger partial charge in [-0.3, -0.25) is 0 Å². The van der Waals surface area contributed by atoms with Crippen molar-refractivity contribution in [1.82, 2.24) is 0 Å². The Morgan fingerprint density at radius 1 is 1.43 bits per heavy atom. The minimum atomic E-state index is 0.189. The van der Waals surface area contributed by atoms with E-state index >= 15 is 0 Å². The zero-order chi connectivity index (χ0) is 10.4. The molecule has 0 saturated heterocycles. The number of hydrogen-bond acceptors (Lipinski definition) is 1. The highest BCUT2D eigenvalue weighted by Gasteiger charge is 2.33. The van der Waals surface area contributed by atoms with Gasteiger partial charge in [-0.15, -0.1) is 0 Å². The first-order chi connectivity index (χ1) is 6.77. The van der Waals surface area contributed by atoms with Crippen molar-refractivity contribution in [3.8, 4) is 0 Å². The smallest absolute Gasteiger partial charge is 0.0766 e. The Balaban J connectivity index is 2.07. The standard InChI is InChI=1S/C12H21OP/c1-3-11-9-12(11)8-6-4-5-7-10(2)13-14/h4-7,10-12H,3,8-9,14H2,1-2H3/b6-4-,7-5+/t10?,11-,12+/m1/s1. The molecule has 4 atom stereocenters. The third-order valence-corrected chi connectivity index (χ3v) is 3.31. The molecule has 0 heterocycles. The molecule has 1 aliphatic rings. The van der Waals surface area contributed by atoms with Crippen molar-refractivity contribution in [3.05, 3.63) is 24.3 Å². The van der Waals surface area contributed by atoms with Crippen LogP contribution in [0.25, 0.3) is 0 Å². The van der Waals surface area contributed by atoms with Crippen LogP contribution in [-0.2, 0) is 4.52 Å². The predicted octanol–water partition coefficient (Wildman–Crippen LogP) is 3.73. The normalized spacial score (nSPS) is 28.8. The van der Waals surface area contributed by atoms with Crippen LogP contribution in [0.5, 0.6) is 0 Å². The van der Waals surface area contributed by atoms with E-state index in [1.165, 1.54) is 19.3 Å². The fourth-order valence-corrected chi connectivity index (χ4v) is 1.79. The van der Waals surface area contributed by atoms with Gasteiger partial charge in [-0.25, -0.2) is 0 Å². The minimum absolute atomic E-state index is 0.189. The van der Waals surface area contributed by atoms with Gasteiger partial charge in [0.05, 0.1) is 6.10 Å². The highest BCUT2D eigenvalue weighted by molar-refractivity contribution is 7.09. The molecule has 0 spiro atoms. The van der Waals surface area contributed by atoms with Gasteiger partial charge in [0.15, 0.2) is 0 Å². The van der Waals surface area contributed by atoms with E-state index in [-0.39, 0.29) is 6.10 Å². The zero-order valence-corrected chi connectivity index (χ0v) is 10.3. The minimum Gasteiger partial charge on any atom is -0.359 e. The first-order valence-electron chi connectivity index (χ1n) is 5.46. The summed E-state index contributed by atoms with van der Waals surface area (Å²) in [5.74, 6) is 1.98. The van der Waals surface area contributed by atoms with Crippen LogP contribution in [0.1, 0.15) is 33.1 Å². The van der Waals surface area contributed by atoms with Crippen molar-refractivity contribution in [3.63, 3.8) is 0 Å². The maximum Gasteiger partial charge on any atom is 0.0766 e. The molecule has 0 N–H and O–H groups in total. The van der Waals surface area contributed by atoms with Crippen LogP contribution in [0, 0.1) is 11.8 Å². The van der Waals surface area contributed by atoms with E-state index in [2.05, 4.69) is 34.6 Å².